The van der Waals surface area contributed by atoms with Crippen molar-refractivity contribution in [2.45, 2.75) is 19.8 Å². The summed E-state index contributed by atoms with van der Waals surface area (Å²) in [6.07, 6.45) is 3.01. The highest BCUT2D eigenvalue weighted by Crippen LogP contribution is 2.27. The number of pyridine rings is 2. The number of hydrogen-bond acceptors (Lipinski definition) is 4. The zero-order chi connectivity index (χ0) is 25.3. The first-order chi connectivity index (χ1) is 16.7. The normalized spacial score (nSPS) is 11.0. The molecule has 0 aliphatic rings. The van der Waals surface area contributed by atoms with Crippen LogP contribution in [0.2, 0.25) is 20.1 Å². The van der Waals surface area contributed by atoms with Crippen molar-refractivity contribution < 1.29 is 9.59 Å². The molecule has 0 aliphatic carbocycles. The van der Waals surface area contributed by atoms with Crippen LogP contribution >= 0.6 is 58.6 Å². The van der Waals surface area contributed by atoms with Gasteiger partial charge in [-0.3, -0.25) is 9.59 Å². The van der Waals surface area contributed by atoms with Gasteiger partial charge >= 0.3 is 0 Å². The van der Waals surface area contributed by atoms with Crippen LogP contribution in [0.3, 0.4) is 0 Å². The molecule has 0 aliphatic heterocycles. The van der Waals surface area contributed by atoms with E-state index in [0.717, 1.165) is 17.0 Å². The fraction of sp³-hybridized carbons (Fsp3) is 0.120. The molecule has 0 unspecified atom stereocenters. The molecule has 0 spiro atoms. The van der Waals surface area contributed by atoms with Crippen LogP contribution in [0.5, 0.6) is 0 Å². The second-order valence-corrected chi connectivity index (χ2v) is 9.70. The number of carbonyl (C=O) groups is 2. The minimum atomic E-state index is -0.723. The van der Waals surface area contributed by atoms with Crippen LogP contribution < -0.4 is 5.01 Å². The van der Waals surface area contributed by atoms with E-state index in [1.54, 1.807) is 12.3 Å². The summed E-state index contributed by atoms with van der Waals surface area (Å²) < 4.78 is 1.62. The Kier molecular flexibility index (Phi) is 7.79. The number of aryl methyl sites for hydroxylation is 1. The molecular weight excluding hydrogens is 548 g/mol. The van der Waals surface area contributed by atoms with Crippen molar-refractivity contribution in [3.63, 3.8) is 0 Å². The zero-order valence-electron chi connectivity index (χ0n) is 18.3. The lowest BCUT2D eigenvalue weighted by Crippen LogP contribution is -2.46. The molecule has 0 N–H and O–H groups in total. The van der Waals surface area contributed by atoms with Crippen LogP contribution in [0.15, 0.2) is 60.8 Å². The molecule has 2 heterocycles. The van der Waals surface area contributed by atoms with Gasteiger partial charge in [0.05, 0.1) is 21.2 Å². The van der Waals surface area contributed by atoms with E-state index < -0.39 is 11.8 Å². The monoisotopic (exact) mass is 563 g/mol. The van der Waals surface area contributed by atoms with Gasteiger partial charge in [0.1, 0.15) is 4.64 Å². The minimum absolute atomic E-state index is 0.0568. The van der Waals surface area contributed by atoms with Gasteiger partial charge in [-0.1, -0.05) is 72.0 Å². The van der Waals surface area contributed by atoms with Crippen LogP contribution in [0.4, 0.5) is 0 Å². The molecule has 4 rings (SSSR count). The molecule has 0 atom stereocenters. The number of fused-ring (bicyclic) bond motifs is 1. The topological polar surface area (TPSA) is 55.2 Å². The smallest absolute Gasteiger partial charge is 0.267 e. The molecule has 178 valence electrons. The number of hydrogen-bond donors (Lipinski definition) is 0. The standard InChI is InChI=1S/C25H17Cl4N3O2S/c1-2-4-15-11-14-5-3-10-30-22(14)31(25(15)35)32(23(33)18-8-6-16(26)12-20(18)28)24(34)19-9-7-17(27)13-21(19)29/h3,5-13H,2,4H2,1H3. The maximum absolute atomic E-state index is 13.9. The van der Waals surface area contributed by atoms with Crippen molar-refractivity contribution >= 4 is 81.5 Å². The van der Waals surface area contributed by atoms with E-state index in [-0.39, 0.29) is 25.8 Å². The molecule has 0 saturated heterocycles. The lowest BCUT2D eigenvalue weighted by atomic mass is 10.1. The maximum atomic E-state index is 13.9. The second-order valence-electron chi connectivity index (χ2n) is 7.62. The van der Waals surface area contributed by atoms with Gasteiger partial charge in [-0.2, -0.15) is 5.01 Å². The number of aromatic nitrogens is 2. The van der Waals surface area contributed by atoms with Gasteiger partial charge in [0.25, 0.3) is 11.8 Å². The van der Waals surface area contributed by atoms with Crippen LogP contribution in [0, 0.1) is 4.64 Å². The van der Waals surface area contributed by atoms with Gasteiger partial charge in [-0.05, 0) is 66.6 Å². The predicted octanol–water partition coefficient (Wildman–Crippen LogP) is 7.95. The molecule has 2 aromatic carbocycles. The van der Waals surface area contributed by atoms with Crippen molar-refractivity contribution in [3.05, 3.63) is 102 Å². The molecule has 2 aromatic heterocycles. The molecule has 2 amide bonds. The third-order valence-electron chi connectivity index (χ3n) is 5.24. The van der Waals surface area contributed by atoms with E-state index in [1.165, 1.54) is 41.1 Å². The van der Waals surface area contributed by atoms with E-state index in [4.69, 9.17) is 58.6 Å². The Morgan fingerprint density at radius 1 is 0.914 bits per heavy atom. The average Bonchev–Trinajstić information content (AvgIpc) is 2.81. The second kappa shape index (κ2) is 10.6. The third kappa shape index (κ3) is 5.08. The Morgan fingerprint density at radius 3 is 2.00 bits per heavy atom. The van der Waals surface area contributed by atoms with Gasteiger partial charge in [-0.25, -0.2) is 9.66 Å². The summed E-state index contributed by atoms with van der Waals surface area (Å²) in [6.45, 7) is 2.02. The fourth-order valence-electron chi connectivity index (χ4n) is 3.64. The number of nitrogens with zero attached hydrogens (tertiary/aromatic N) is 3. The molecule has 0 radical (unpaired) electrons. The molecular formula is C25H17Cl4N3O2S. The molecule has 5 nitrogen and oxygen atoms in total. The summed E-state index contributed by atoms with van der Waals surface area (Å²) in [5, 5.41) is 2.48. The molecule has 0 bridgehead atoms. The van der Waals surface area contributed by atoms with Gasteiger partial charge < -0.3 is 0 Å². The summed E-state index contributed by atoms with van der Waals surface area (Å²) in [5.41, 5.74) is 1.23. The predicted molar refractivity (Wildman–Crippen MR) is 144 cm³/mol. The quantitative estimate of drug-likeness (QED) is 0.182. The highest BCUT2D eigenvalue weighted by molar-refractivity contribution is 7.71. The van der Waals surface area contributed by atoms with E-state index >= 15 is 0 Å². The number of benzene rings is 2. The van der Waals surface area contributed by atoms with Crippen LogP contribution in [-0.4, -0.2) is 21.5 Å². The highest BCUT2D eigenvalue weighted by atomic mass is 35.5. The maximum Gasteiger partial charge on any atom is 0.281 e. The Labute approximate surface area is 226 Å². The SMILES string of the molecule is CCCc1cc2cccnc2n(N(C(=O)c2ccc(Cl)cc2Cl)C(=O)c2ccc(Cl)cc2Cl)c1=S. The Morgan fingerprint density at radius 2 is 1.49 bits per heavy atom. The van der Waals surface area contributed by atoms with Crippen molar-refractivity contribution in [3.8, 4) is 0 Å². The Bertz CT molecular complexity index is 1470. The van der Waals surface area contributed by atoms with Crippen LogP contribution in [0.25, 0.3) is 11.0 Å². The summed E-state index contributed by atoms with van der Waals surface area (Å²) in [4.78, 5) is 32.3. The van der Waals surface area contributed by atoms with Crippen molar-refractivity contribution in [2.24, 2.45) is 0 Å². The number of imide groups is 1. The third-order valence-corrected chi connectivity index (χ3v) is 6.77. The van der Waals surface area contributed by atoms with Crippen LogP contribution in [0.1, 0.15) is 39.6 Å². The fourth-order valence-corrected chi connectivity index (χ4v) is 4.95. The van der Waals surface area contributed by atoms with E-state index in [2.05, 4.69) is 4.98 Å². The first-order valence-corrected chi connectivity index (χ1v) is 12.4. The van der Waals surface area contributed by atoms with Gasteiger partial charge in [-0.15, -0.1) is 0 Å². The van der Waals surface area contributed by atoms with Crippen molar-refractivity contribution in [1.82, 2.24) is 9.66 Å². The molecule has 10 heteroatoms. The highest BCUT2D eigenvalue weighted by Gasteiger charge is 2.31. The largest absolute Gasteiger partial charge is 0.281 e. The lowest BCUT2D eigenvalue weighted by Gasteiger charge is -2.26. The van der Waals surface area contributed by atoms with Crippen molar-refractivity contribution in [2.75, 3.05) is 5.01 Å². The van der Waals surface area contributed by atoms with E-state index in [1.807, 2.05) is 19.1 Å². The number of amides is 2. The molecule has 35 heavy (non-hydrogen) atoms. The summed E-state index contributed by atoms with van der Waals surface area (Å²) >= 11 is 30.6. The number of halogens is 4. The minimum Gasteiger partial charge on any atom is -0.267 e. The number of rotatable bonds is 5. The van der Waals surface area contributed by atoms with E-state index in [9.17, 15) is 9.59 Å². The number of carbonyl (C=O) groups excluding carboxylic acids is 2. The first-order valence-electron chi connectivity index (χ1n) is 10.5. The Hall–Kier alpha value is -2.48. The van der Waals surface area contributed by atoms with Gasteiger partial charge in [0.2, 0.25) is 0 Å². The van der Waals surface area contributed by atoms with E-state index in [0.29, 0.717) is 27.5 Å². The summed E-state index contributed by atoms with van der Waals surface area (Å²) in [5.74, 6) is -1.45. The average molecular weight is 565 g/mol. The Balaban J connectivity index is 2.04. The first kappa shape index (κ1) is 25.6. The molecule has 0 fully saturated rings. The van der Waals surface area contributed by atoms with Crippen molar-refractivity contribution in [1.29, 1.82) is 0 Å². The summed E-state index contributed by atoms with van der Waals surface area (Å²) in [7, 11) is 0. The van der Waals surface area contributed by atoms with Gasteiger partial charge in [0.15, 0.2) is 5.65 Å². The van der Waals surface area contributed by atoms with Crippen LogP contribution in [-0.2, 0) is 6.42 Å². The molecule has 4 aromatic rings. The van der Waals surface area contributed by atoms with Gasteiger partial charge in [0, 0.05) is 21.6 Å². The summed E-state index contributed by atoms with van der Waals surface area (Å²) in [6, 6.07) is 14.3. The lowest BCUT2D eigenvalue weighted by molar-refractivity contribution is 0.0857. The zero-order valence-corrected chi connectivity index (χ0v) is 22.1. The molecule has 0 saturated carbocycles.